The minimum absolute atomic E-state index is 0.166. The summed E-state index contributed by atoms with van der Waals surface area (Å²) in [4.78, 5) is 22.3. The number of carbonyl (C=O) groups is 1. The number of pyridine rings is 1. The van der Waals surface area contributed by atoms with Gasteiger partial charge in [0.15, 0.2) is 0 Å². The maximum absolute atomic E-state index is 14.9. The number of fused-ring (bicyclic) bond motifs is 1. The molecule has 8 heteroatoms. The average Bonchev–Trinajstić information content (AvgIpc) is 2.92. The molecular weight excluding hydrogens is 463 g/mol. The van der Waals surface area contributed by atoms with Gasteiger partial charge in [-0.1, -0.05) is 30.3 Å². The fourth-order valence-electron chi connectivity index (χ4n) is 4.22. The van der Waals surface area contributed by atoms with Gasteiger partial charge in [-0.25, -0.2) is 4.39 Å². The van der Waals surface area contributed by atoms with Crippen LogP contribution in [0.2, 0.25) is 0 Å². The van der Waals surface area contributed by atoms with E-state index in [-0.39, 0.29) is 5.91 Å². The average molecular weight is 489 g/mol. The molecule has 4 aromatic rings. The summed E-state index contributed by atoms with van der Waals surface area (Å²) in [6, 6.07) is 22.2. The lowest BCUT2D eigenvalue weighted by Gasteiger charge is -2.36. The van der Waals surface area contributed by atoms with Gasteiger partial charge < -0.3 is 19.3 Å². The molecule has 1 fully saturated rings. The molecule has 1 saturated heterocycles. The molecular formula is C27H25FN4O2S. The monoisotopic (exact) mass is 488 g/mol. The molecule has 0 radical (unpaired) electrons. The molecule has 0 atom stereocenters. The first-order valence-corrected chi connectivity index (χ1v) is 12.2. The molecule has 1 aromatic heterocycles. The lowest BCUT2D eigenvalue weighted by atomic mass is 10.1. The highest BCUT2D eigenvalue weighted by molar-refractivity contribution is 8.00. The molecule has 0 aliphatic carbocycles. The van der Waals surface area contributed by atoms with E-state index in [0.717, 1.165) is 27.2 Å². The molecule has 0 spiro atoms. The van der Waals surface area contributed by atoms with E-state index in [0.29, 0.717) is 37.4 Å². The summed E-state index contributed by atoms with van der Waals surface area (Å²) in [5, 5.41) is 1.02. The van der Waals surface area contributed by atoms with Crippen LogP contribution in [-0.4, -0.2) is 49.1 Å². The van der Waals surface area contributed by atoms with Crippen molar-refractivity contribution in [3.63, 3.8) is 0 Å². The zero-order valence-electron chi connectivity index (χ0n) is 19.3. The summed E-state index contributed by atoms with van der Waals surface area (Å²) < 4.78 is 23.4. The second-order valence-corrected chi connectivity index (χ2v) is 9.03. The van der Waals surface area contributed by atoms with E-state index in [9.17, 15) is 9.18 Å². The number of piperazine rings is 1. The minimum atomic E-state index is -0.468. The standard InChI is InChI=1S/C27H25FN4O2S/c1-34-24-9-3-2-8-23(24)31-14-16-32(17-15-31)27(33)20-11-12-22(21(28)18-20)30-35-25-10-4-6-19-7-5-13-29-26(19)25/h2-13,18,30H,14-17H2,1H3. The molecule has 0 unspecified atom stereocenters. The lowest BCUT2D eigenvalue weighted by Crippen LogP contribution is -2.48. The second-order valence-electron chi connectivity index (χ2n) is 8.18. The Morgan fingerprint density at radius 2 is 1.80 bits per heavy atom. The van der Waals surface area contributed by atoms with Crippen molar-refractivity contribution < 1.29 is 13.9 Å². The maximum atomic E-state index is 14.9. The minimum Gasteiger partial charge on any atom is -0.495 e. The van der Waals surface area contributed by atoms with E-state index >= 15 is 0 Å². The van der Waals surface area contributed by atoms with Crippen molar-refractivity contribution in [2.24, 2.45) is 0 Å². The Morgan fingerprint density at radius 3 is 2.60 bits per heavy atom. The van der Waals surface area contributed by atoms with E-state index in [2.05, 4.69) is 14.6 Å². The Hall–Kier alpha value is -3.78. The summed E-state index contributed by atoms with van der Waals surface area (Å²) in [6.07, 6.45) is 1.74. The fraction of sp³-hybridized carbons (Fsp3) is 0.185. The zero-order chi connectivity index (χ0) is 24.2. The number of ether oxygens (including phenoxy) is 1. The van der Waals surface area contributed by atoms with Crippen LogP contribution in [0.1, 0.15) is 10.4 Å². The van der Waals surface area contributed by atoms with Crippen LogP contribution in [-0.2, 0) is 0 Å². The van der Waals surface area contributed by atoms with Gasteiger partial charge in [-0.05, 0) is 54.4 Å². The van der Waals surface area contributed by atoms with Crippen molar-refractivity contribution in [1.82, 2.24) is 9.88 Å². The van der Waals surface area contributed by atoms with Crippen LogP contribution in [0.5, 0.6) is 5.75 Å². The van der Waals surface area contributed by atoms with Gasteiger partial charge >= 0.3 is 0 Å². The number of para-hydroxylation sites is 3. The SMILES string of the molecule is COc1ccccc1N1CCN(C(=O)c2ccc(NSc3cccc4cccnc34)c(F)c2)CC1. The number of rotatable bonds is 6. The quantitative estimate of drug-likeness (QED) is 0.364. The zero-order valence-corrected chi connectivity index (χ0v) is 20.1. The highest BCUT2D eigenvalue weighted by atomic mass is 32.2. The number of nitrogens with one attached hydrogen (secondary N) is 1. The van der Waals surface area contributed by atoms with Gasteiger partial charge in [-0.2, -0.15) is 0 Å². The molecule has 0 saturated carbocycles. The smallest absolute Gasteiger partial charge is 0.254 e. The molecule has 0 bridgehead atoms. The number of anilines is 2. The van der Waals surface area contributed by atoms with Gasteiger partial charge in [0.05, 0.1) is 28.9 Å². The predicted molar refractivity (Wildman–Crippen MR) is 139 cm³/mol. The van der Waals surface area contributed by atoms with Crippen LogP contribution in [0.15, 0.2) is 83.9 Å². The molecule has 5 rings (SSSR count). The topological polar surface area (TPSA) is 57.7 Å². The van der Waals surface area contributed by atoms with Crippen LogP contribution >= 0.6 is 11.9 Å². The van der Waals surface area contributed by atoms with Gasteiger partial charge in [-0.3, -0.25) is 9.78 Å². The number of hydrogen-bond donors (Lipinski definition) is 1. The van der Waals surface area contributed by atoms with Crippen molar-refractivity contribution in [3.8, 4) is 5.75 Å². The second kappa shape index (κ2) is 10.2. The summed E-state index contributed by atoms with van der Waals surface area (Å²) in [5.74, 6) is 0.180. The molecule has 2 heterocycles. The van der Waals surface area contributed by atoms with Crippen molar-refractivity contribution in [3.05, 3.63) is 90.4 Å². The molecule has 3 aromatic carbocycles. The van der Waals surface area contributed by atoms with Crippen LogP contribution < -0.4 is 14.4 Å². The lowest BCUT2D eigenvalue weighted by molar-refractivity contribution is 0.0746. The van der Waals surface area contributed by atoms with Crippen molar-refractivity contribution in [2.75, 3.05) is 42.9 Å². The van der Waals surface area contributed by atoms with Gasteiger partial charge in [0.1, 0.15) is 11.6 Å². The van der Waals surface area contributed by atoms with Gasteiger partial charge in [-0.15, -0.1) is 0 Å². The van der Waals surface area contributed by atoms with Crippen LogP contribution in [0.4, 0.5) is 15.8 Å². The van der Waals surface area contributed by atoms with E-state index in [1.165, 1.54) is 18.0 Å². The third-order valence-corrected chi connectivity index (χ3v) is 6.95. The Bertz CT molecular complexity index is 1350. The number of nitrogens with zero attached hydrogens (tertiary/aromatic N) is 3. The molecule has 1 N–H and O–H groups in total. The van der Waals surface area contributed by atoms with E-state index in [1.807, 2.05) is 54.6 Å². The summed E-state index contributed by atoms with van der Waals surface area (Å²) in [7, 11) is 1.66. The number of methoxy groups -OCH3 is 1. The van der Waals surface area contributed by atoms with E-state index in [4.69, 9.17) is 4.74 Å². The summed E-state index contributed by atoms with van der Waals surface area (Å²) >= 11 is 1.30. The van der Waals surface area contributed by atoms with Gasteiger partial charge in [0, 0.05) is 43.3 Å². The largest absolute Gasteiger partial charge is 0.495 e. The number of halogens is 1. The first-order chi connectivity index (χ1) is 17.1. The Balaban J connectivity index is 1.23. The first kappa shape index (κ1) is 23.0. The molecule has 1 aliphatic heterocycles. The molecule has 35 heavy (non-hydrogen) atoms. The highest BCUT2D eigenvalue weighted by Gasteiger charge is 2.24. The molecule has 178 valence electrons. The third kappa shape index (κ3) is 4.88. The van der Waals surface area contributed by atoms with E-state index in [1.54, 1.807) is 30.3 Å². The van der Waals surface area contributed by atoms with Crippen LogP contribution in [0, 0.1) is 5.82 Å². The Kier molecular flexibility index (Phi) is 6.72. The summed E-state index contributed by atoms with van der Waals surface area (Å²) in [5.41, 5.74) is 2.53. The Labute approximate surface area is 207 Å². The normalized spacial score (nSPS) is 13.7. The number of aromatic nitrogens is 1. The summed E-state index contributed by atoms with van der Waals surface area (Å²) in [6.45, 7) is 2.48. The molecule has 1 aliphatic rings. The van der Waals surface area contributed by atoms with E-state index < -0.39 is 5.82 Å². The fourth-order valence-corrected chi connectivity index (χ4v) is 5.02. The number of carbonyl (C=O) groups excluding carboxylic acids is 1. The van der Waals surface area contributed by atoms with Crippen molar-refractivity contribution >= 4 is 40.1 Å². The highest BCUT2D eigenvalue weighted by Crippen LogP contribution is 2.30. The number of hydrogen-bond acceptors (Lipinski definition) is 6. The van der Waals surface area contributed by atoms with Crippen molar-refractivity contribution in [2.45, 2.75) is 4.90 Å². The van der Waals surface area contributed by atoms with Gasteiger partial charge in [0.2, 0.25) is 0 Å². The van der Waals surface area contributed by atoms with Crippen LogP contribution in [0.25, 0.3) is 10.9 Å². The number of benzene rings is 3. The van der Waals surface area contributed by atoms with Crippen molar-refractivity contribution in [1.29, 1.82) is 0 Å². The molecule has 6 nitrogen and oxygen atoms in total. The predicted octanol–water partition coefficient (Wildman–Crippen LogP) is 5.46. The Morgan fingerprint density at radius 1 is 1.00 bits per heavy atom. The molecule has 1 amide bonds. The van der Waals surface area contributed by atoms with Crippen LogP contribution in [0.3, 0.4) is 0 Å². The maximum Gasteiger partial charge on any atom is 0.254 e. The van der Waals surface area contributed by atoms with Gasteiger partial charge in [0.25, 0.3) is 5.91 Å². The number of amides is 1. The third-order valence-electron chi connectivity index (χ3n) is 6.08. The first-order valence-electron chi connectivity index (χ1n) is 11.4.